The summed E-state index contributed by atoms with van der Waals surface area (Å²) >= 11 is 0. The Morgan fingerprint density at radius 2 is 1.91 bits per heavy atom. The van der Waals surface area contributed by atoms with Crippen LogP contribution >= 0.6 is 12.4 Å². The van der Waals surface area contributed by atoms with E-state index in [0.29, 0.717) is 6.54 Å². The van der Waals surface area contributed by atoms with E-state index in [1.807, 2.05) is 18.2 Å². The number of benzene rings is 1. The Labute approximate surface area is 144 Å². The lowest BCUT2D eigenvalue weighted by Gasteiger charge is -2.30. The number of carbonyl (C=O) groups is 1. The molecule has 1 fully saturated rings. The van der Waals surface area contributed by atoms with Crippen LogP contribution in [-0.4, -0.2) is 24.1 Å². The van der Waals surface area contributed by atoms with Gasteiger partial charge in [0.1, 0.15) is 5.75 Å². The summed E-state index contributed by atoms with van der Waals surface area (Å²) in [4.78, 5) is 12.4. The summed E-state index contributed by atoms with van der Waals surface area (Å²) in [5.41, 5.74) is 7.41. The molecule has 1 saturated carbocycles. The lowest BCUT2D eigenvalue weighted by atomic mass is 9.91. The average molecular weight is 339 g/mol. The van der Waals surface area contributed by atoms with Crippen molar-refractivity contribution in [2.45, 2.75) is 63.0 Å². The van der Waals surface area contributed by atoms with Crippen molar-refractivity contribution in [3.05, 3.63) is 29.8 Å². The maximum atomic E-state index is 12.4. The predicted octanol–water partition coefficient (Wildman–Crippen LogP) is 2.97. The van der Waals surface area contributed by atoms with Crippen LogP contribution in [0.15, 0.2) is 24.3 Å². The Balaban J connectivity index is 0.00000192. The van der Waals surface area contributed by atoms with E-state index in [0.717, 1.165) is 31.4 Å². The van der Waals surface area contributed by atoms with Crippen LogP contribution in [0.25, 0.3) is 0 Å². The van der Waals surface area contributed by atoms with Crippen LogP contribution in [0.4, 0.5) is 0 Å². The van der Waals surface area contributed by atoms with E-state index in [1.165, 1.54) is 31.2 Å². The number of rotatable bonds is 3. The number of nitrogens with one attached hydrogen (secondary N) is 1. The van der Waals surface area contributed by atoms with Crippen LogP contribution in [0.2, 0.25) is 0 Å². The average Bonchev–Trinajstić information content (AvgIpc) is 2.77. The molecular weight excluding hydrogens is 312 g/mol. The van der Waals surface area contributed by atoms with Gasteiger partial charge < -0.3 is 15.8 Å². The number of para-hydroxylation sites is 1. The molecule has 23 heavy (non-hydrogen) atoms. The Hall–Kier alpha value is -1.26. The monoisotopic (exact) mass is 338 g/mol. The summed E-state index contributed by atoms with van der Waals surface area (Å²) in [5, 5.41) is 3.03. The normalized spacial score (nSPS) is 22.7. The summed E-state index contributed by atoms with van der Waals surface area (Å²) in [5.74, 6) is 0.814. The maximum Gasteiger partial charge on any atom is 0.261 e. The van der Waals surface area contributed by atoms with Crippen molar-refractivity contribution in [3.63, 3.8) is 0 Å². The number of hydrogen-bond donors (Lipinski definition) is 2. The molecule has 1 aliphatic heterocycles. The van der Waals surface area contributed by atoms with Gasteiger partial charge in [-0.25, -0.2) is 0 Å². The first kappa shape index (κ1) is 18.1. The van der Waals surface area contributed by atoms with E-state index in [2.05, 4.69) is 11.4 Å². The van der Waals surface area contributed by atoms with Gasteiger partial charge in [0.05, 0.1) is 0 Å². The van der Waals surface area contributed by atoms with E-state index in [1.54, 1.807) is 0 Å². The molecule has 0 aromatic heterocycles. The molecule has 0 spiro atoms. The minimum atomic E-state index is -0.385. The quantitative estimate of drug-likeness (QED) is 0.833. The number of aryl methyl sites for hydroxylation is 1. The van der Waals surface area contributed by atoms with Crippen molar-refractivity contribution in [2.75, 3.05) is 6.54 Å². The molecule has 1 atom stereocenters. The number of carbonyl (C=O) groups excluding carboxylic acids is 1. The van der Waals surface area contributed by atoms with E-state index in [-0.39, 0.29) is 30.0 Å². The van der Waals surface area contributed by atoms with E-state index in [4.69, 9.17) is 10.5 Å². The smallest absolute Gasteiger partial charge is 0.261 e. The van der Waals surface area contributed by atoms with Gasteiger partial charge in [-0.1, -0.05) is 43.9 Å². The molecule has 0 radical (unpaired) electrons. The lowest BCUT2D eigenvalue weighted by molar-refractivity contribution is -0.129. The summed E-state index contributed by atoms with van der Waals surface area (Å²) in [6.45, 7) is 0.563. The van der Waals surface area contributed by atoms with Gasteiger partial charge in [0, 0.05) is 12.1 Å². The SMILES string of the molecule is Cl.NC1(CNC(=O)C2CCc3ccccc3O2)CCCCCC1. The zero-order chi connectivity index (χ0) is 15.4. The first-order chi connectivity index (χ1) is 10.7. The number of amides is 1. The molecule has 4 nitrogen and oxygen atoms in total. The Bertz CT molecular complexity index is 528. The van der Waals surface area contributed by atoms with Crippen LogP contribution in [0.5, 0.6) is 5.75 Å². The predicted molar refractivity (Wildman–Crippen MR) is 94.1 cm³/mol. The van der Waals surface area contributed by atoms with Gasteiger partial charge in [-0.05, 0) is 37.3 Å². The summed E-state index contributed by atoms with van der Waals surface area (Å²) in [7, 11) is 0. The second kappa shape index (κ2) is 8.02. The fraction of sp³-hybridized carbons (Fsp3) is 0.611. The van der Waals surface area contributed by atoms with Gasteiger partial charge in [-0.15, -0.1) is 12.4 Å². The first-order valence-electron chi connectivity index (χ1n) is 8.47. The van der Waals surface area contributed by atoms with Gasteiger partial charge in [-0.3, -0.25) is 4.79 Å². The van der Waals surface area contributed by atoms with Crippen LogP contribution in [0.3, 0.4) is 0 Å². The van der Waals surface area contributed by atoms with Crippen molar-refractivity contribution in [1.82, 2.24) is 5.32 Å². The second-order valence-electron chi connectivity index (χ2n) is 6.75. The number of fused-ring (bicyclic) bond motifs is 1. The molecule has 1 aromatic rings. The van der Waals surface area contributed by atoms with Gasteiger partial charge in [0.2, 0.25) is 0 Å². The third-order valence-electron chi connectivity index (χ3n) is 4.92. The fourth-order valence-electron chi connectivity index (χ4n) is 3.50. The highest BCUT2D eigenvalue weighted by atomic mass is 35.5. The molecule has 128 valence electrons. The molecule has 1 aromatic carbocycles. The van der Waals surface area contributed by atoms with E-state index >= 15 is 0 Å². The number of hydrogen-bond acceptors (Lipinski definition) is 3. The highest BCUT2D eigenvalue weighted by Crippen LogP contribution is 2.27. The Morgan fingerprint density at radius 1 is 1.22 bits per heavy atom. The van der Waals surface area contributed by atoms with Crippen molar-refractivity contribution in [2.24, 2.45) is 5.73 Å². The van der Waals surface area contributed by atoms with Crippen LogP contribution in [0, 0.1) is 0 Å². The number of nitrogens with two attached hydrogens (primary N) is 1. The van der Waals surface area contributed by atoms with Crippen LogP contribution < -0.4 is 15.8 Å². The molecule has 3 rings (SSSR count). The van der Waals surface area contributed by atoms with Gasteiger partial charge in [0.25, 0.3) is 5.91 Å². The molecule has 1 aliphatic carbocycles. The summed E-state index contributed by atoms with van der Waals surface area (Å²) in [6, 6.07) is 7.95. The van der Waals surface area contributed by atoms with Crippen molar-refractivity contribution >= 4 is 18.3 Å². The molecule has 1 unspecified atom stereocenters. The maximum absolute atomic E-state index is 12.4. The zero-order valence-electron chi connectivity index (χ0n) is 13.6. The van der Waals surface area contributed by atoms with Crippen LogP contribution in [-0.2, 0) is 11.2 Å². The number of halogens is 1. The molecular formula is C18H27ClN2O2. The first-order valence-corrected chi connectivity index (χ1v) is 8.47. The highest BCUT2D eigenvalue weighted by Gasteiger charge is 2.30. The summed E-state index contributed by atoms with van der Waals surface area (Å²) < 4.78 is 5.84. The van der Waals surface area contributed by atoms with Gasteiger partial charge in [0.15, 0.2) is 6.10 Å². The van der Waals surface area contributed by atoms with E-state index in [9.17, 15) is 4.79 Å². The third kappa shape index (κ3) is 4.61. The lowest BCUT2D eigenvalue weighted by Crippen LogP contribution is -2.52. The zero-order valence-corrected chi connectivity index (χ0v) is 14.4. The molecule has 5 heteroatoms. The van der Waals surface area contributed by atoms with Crippen molar-refractivity contribution in [1.29, 1.82) is 0 Å². The largest absolute Gasteiger partial charge is 0.480 e. The highest BCUT2D eigenvalue weighted by molar-refractivity contribution is 5.85. The molecule has 1 heterocycles. The molecule has 0 saturated heterocycles. The van der Waals surface area contributed by atoms with Crippen LogP contribution in [0.1, 0.15) is 50.5 Å². The number of ether oxygens (including phenoxy) is 1. The second-order valence-corrected chi connectivity index (χ2v) is 6.75. The minimum Gasteiger partial charge on any atom is -0.480 e. The van der Waals surface area contributed by atoms with Gasteiger partial charge >= 0.3 is 0 Å². The van der Waals surface area contributed by atoms with Gasteiger partial charge in [-0.2, -0.15) is 0 Å². The van der Waals surface area contributed by atoms with E-state index < -0.39 is 0 Å². The Morgan fingerprint density at radius 3 is 2.65 bits per heavy atom. The molecule has 0 bridgehead atoms. The fourth-order valence-corrected chi connectivity index (χ4v) is 3.50. The summed E-state index contributed by atoms with van der Waals surface area (Å²) in [6.07, 6.45) is 8.10. The molecule has 2 aliphatic rings. The Kier molecular flexibility index (Phi) is 6.31. The van der Waals surface area contributed by atoms with Crippen molar-refractivity contribution in [3.8, 4) is 5.75 Å². The van der Waals surface area contributed by atoms with Crippen molar-refractivity contribution < 1.29 is 9.53 Å². The molecule has 3 N–H and O–H groups in total. The standard InChI is InChI=1S/C18H26N2O2.ClH/c19-18(11-5-1-2-6-12-18)13-20-17(21)16-10-9-14-7-3-4-8-15(14)22-16;/h3-4,7-8,16H,1-2,5-6,9-13,19H2,(H,20,21);1H. The molecule has 1 amide bonds. The topological polar surface area (TPSA) is 64.3 Å². The minimum absolute atomic E-state index is 0. The third-order valence-corrected chi connectivity index (χ3v) is 4.92.